The number of para-hydroxylation sites is 1. The molecule has 0 spiro atoms. The van der Waals surface area contributed by atoms with Gasteiger partial charge in [0, 0.05) is 33.2 Å². The Balaban J connectivity index is 0.961. The van der Waals surface area contributed by atoms with Crippen LogP contribution in [0, 0.1) is 0 Å². The van der Waals surface area contributed by atoms with Crippen LogP contribution in [0.5, 0.6) is 0 Å². The third-order valence-electron chi connectivity index (χ3n) is 13.3. The van der Waals surface area contributed by atoms with E-state index >= 15 is 0 Å². The summed E-state index contributed by atoms with van der Waals surface area (Å²) in [6.45, 7) is 4.69. The SMILES string of the molecule is CC1(C)c2ccccc2-c2ccc(N(c3ccccc3)c3ccc(-c4ccc5oc6cc7c(cc6c5c4)-c4ccccc4C7(c4ccccc4)c4ccccc4)cc3)cc21. The van der Waals surface area contributed by atoms with E-state index in [1.807, 2.05) is 0 Å². The minimum atomic E-state index is -0.469. The average molecular weight is 768 g/mol. The first-order valence-electron chi connectivity index (χ1n) is 20.9. The highest BCUT2D eigenvalue weighted by Gasteiger charge is 2.46. The van der Waals surface area contributed by atoms with E-state index in [0.29, 0.717) is 0 Å². The zero-order valence-electron chi connectivity index (χ0n) is 33.6. The van der Waals surface area contributed by atoms with Crippen LogP contribution in [0.2, 0.25) is 0 Å². The maximum absolute atomic E-state index is 6.74. The molecule has 0 saturated carbocycles. The monoisotopic (exact) mass is 767 g/mol. The summed E-state index contributed by atoms with van der Waals surface area (Å²) in [7, 11) is 0. The van der Waals surface area contributed by atoms with Gasteiger partial charge >= 0.3 is 0 Å². The molecule has 0 radical (unpaired) electrons. The lowest BCUT2D eigenvalue weighted by atomic mass is 9.67. The van der Waals surface area contributed by atoms with Gasteiger partial charge in [-0.05, 0) is 127 Å². The first-order valence-corrected chi connectivity index (χ1v) is 20.9. The molecular weight excluding hydrogens is 727 g/mol. The van der Waals surface area contributed by atoms with Crippen LogP contribution in [0.1, 0.15) is 47.2 Å². The first-order chi connectivity index (χ1) is 29.5. The van der Waals surface area contributed by atoms with Crippen LogP contribution in [0.15, 0.2) is 217 Å². The molecule has 12 rings (SSSR count). The molecule has 0 aliphatic heterocycles. The van der Waals surface area contributed by atoms with E-state index in [2.05, 4.69) is 231 Å². The summed E-state index contributed by atoms with van der Waals surface area (Å²) >= 11 is 0. The number of rotatable bonds is 6. The average Bonchev–Trinajstić information content (AvgIpc) is 3.89. The van der Waals surface area contributed by atoms with Gasteiger partial charge in [0.1, 0.15) is 11.2 Å². The number of furan rings is 1. The van der Waals surface area contributed by atoms with Crippen LogP contribution in [0.4, 0.5) is 17.1 Å². The van der Waals surface area contributed by atoms with Crippen molar-refractivity contribution >= 4 is 39.0 Å². The van der Waals surface area contributed by atoms with Gasteiger partial charge in [0.25, 0.3) is 0 Å². The number of nitrogens with zero attached hydrogens (tertiary/aromatic N) is 1. The molecule has 2 aliphatic carbocycles. The van der Waals surface area contributed by atoms with Crippen LogP contribution < -0.4 is 4.90 Å². The van der Waals surface area contributed by atoms with Gasteiger partial charge in [0.15, 0.2) is 0 Å². The summed E-state index contributed by atoms with van der Waals surface area (Å²) in [5, 5.41) is 2.25. The fourth-order valence-electron chi connectivity index (χ4n) is 10.5. The van der Waals surface area contributed by atoms with Crippen molar-refractivity contribution in [3.63, 3.8) is 0 Å². The first kappa shape index (κ1) is 34.6. The number of anilines is 3. The molecule has 2 aliphatic rings. The largest absolute Gasteiger partial charge is 0.456 e. The van der Waals surface area contributed by atoms with Gasteiger partial charge in [-0.25, -0.2) is 0 Å². The molecule has 284 valence electrons. The van der Waals surface area contributed by atoms with E-state index in [0.717, 1.165) is 50.1 Å². The topological polar surface area (TPSA) is 16.4 Å². The fourth-order valence-corrected chi connectivity index (χ4v) is 10.5. The standard InChI is InChI=1S/C58H41NO/c1-57(2)51-24-14-12-22-45(51)47-32-31-44(35-53(47)57)59(42-20-10-5-11-21-42)43-29-26-38(27-30-43)39-28-33-55-49(34-39)50-36-48-46-23-13-15-25-52(46)58(40-16-6-3-7-17-40,41-18-8-4-9-19-41)54(48)37-56(50)60-55/h3-37H,1-2H3. The zero-order chi connectivity index (χ0) is 40.0. The molecule has 0 unspecified atom stereocenters. The fraction of sp³-hybridized carbons (Fsp3) is 0.0690. The number of hydrogen-bond donors (Lipinski definition) is 0. The smallest absolute Gasteiger partial charge is 0.135 e. The molecule has 1 heterocycles. The van der Waals surface area contributed by atoms with E-state index in [9.17, 15) is 0 Å². The lowest BCUT2D eigenvalue weighted by Crippen LogP contribution is -2.28. The summed E-state index contributed by atoms with van der Waals surface area (Å²) in [6, 6.07) is 77.7. The van der Waals surface area contributed by atoms with Gasteiger partial charge < -0.3 is 9.32 Å². The van der Waals surface area contributed by atoms with Crippen molar-refractivity contribution in [2.24, 2.45) is 0 Å². The molecule has 0 fully saturated rings. The summed E-state index contributed by atoms with van der Waals surface area (Å²) < 4.78 is 6.74. The predicted molar refractivity (Wildman–Crippen MR) is 249 cm³/mol. The third-order valence-corrected chi connectivity index (χ3v) is 13.3. The minimum Gasteiger partial charge on any atom is -0.456 e. The van der Waals surface area contributed by atoms with Gasteiger partial charge in [0.2, 0.25) is 0 Å². The Morgan fingerprint density at radius 1 is 0.350 bits per heavy atom. The highest BCUT2D eigenvalue weighted by molar-refractivity contribution is 6.09. The van der Waals surface area contributed by atoms with Crippen LogP contribution in [-0.4, -0.2) is 0 Å². The molecule has 0 N–H and O–H groups in total. The summed E-state index contributed by atoms with van der Waals surface area (Å²) in [5.41, 5.74) is 19.9. The maximum atomic E-state index is 6.74. The second-order valence-electron chi connectivity index (χ2n) is 16.9. The van der Waals surface area contributed by atoms with Crippen LogP contribution in [-0.2, 0) is 10.8 Å². The van der Waals surface area contributed by atoms with Crippen LogP contribution in [0.25, 0.3) is 55.3 Å². The normalized spacial score (nSPS) is 14.1. The number of benzene rings is 9. The molecule has 60 heavy (non-hydrogen) atoms. The molecule has 10 aromatic rings. The Kier molecular flexibility index (Phi) is 7.52. The lowest BCUT2D eigenvalue weighted by molar-refractivity contribution is 0.660. The molecule has 0 amide bonds. The van der Waals surface area contributed by atoms with Crippen molar-refractivity contribution in [2.45, 2.75) is 24.7 Å². The van der Waals surface area contributed by atoms with Gasteiger partial charge in [-0.3, -0.25) is 0 Å². The number of hydrogen-bond acceptors (Lipinski definition) is 2. The van der Waals surface area contributed by atoms with Gasteiger partial charge in [-0.1, -0.05) is 166 Å². The van der Waals surface area contributed by atoms with Crippen molar-refractivity contribution in [1.82, 2.24) is 0 Å². The van der Waals surface area contributed by atoms with Crippen LogP contribution >= 0.6 is 0 Å². The van der Waals surface area contributed by atoms with E-state index in [-0.39, 0.29) is 5.41 Å². The van der Waals surface area contributed by atoms with Crippen molar-refractivity contribution in [3.8, 4) is 33.4 Å². The molecule has 2 nitrogen and oxygen atoms in total. The maximum Gasteiger partial charge on any atom is 0.135 e. The van der Waals surface area contributed by atoms with Crippen molar-refractivity contribution in [2.75, 3.05) is 4.90 Å². The van der Waals surface area contributed by atoms with Crippen molar-refractivity contribution in [1.29, 1.82) is 0 Å². The summed E-state index contributed by atoms with van der Waals surface area (Å²) in [4.78, 5) is 2.37. The van der Waals surface area contributed by atoms with Gasteiger partial charge in [-0.2, -0.15) is 0 Å². The minimum absolute atomic E-state index is 0.0829. The molecule has 9 aromatic carbocycles. The van der Waals surface area contributed by atoms with Gasteiger partial charge in [-0.15, -0.1) is 0 Å². The van der Waals surface area contributed by atoms with Crippen molar-refractivity contribution in [3.05, 3.63) is 246 Å². The second-order valence-corrected chi connectivity index (χ2v) is 16.9. The highest BCUT2D eigenvalue weighted by atomic mass is 16.3. The Morgan fingerprint density at radius 2 is 0.883 bits per heavy atom. The summed E-state index contributed by atoms with van der Waals surface area (Å²) in [6.07, 6.45) is 0. The zero-order valence-corrected chi connectivity index (χ0v) is 33.6. The van der Waals surface area contributed by atoms with E-state index in [1.165, 1.54) is 55.6 Å². The second kappa shape index (κ2) is 13.0. The van der Waals surface area contributed by atoms with E-state index in [4.69, 9.17) is 4.42 Å². The predicted octanol–water partition coefficient (Wildman–Crippen LogP) is 15.4. The van der Waals surface area contributed by atoms with Crippen molar-refractivity contribution < 1.29 is 4.42 Å². The van der Waals surface area contributed by atoms with E-state index in [1.54, 1.807) is 0 Å². The van der Waals surface area contributed by atoms with E-state index < -0.39 is 5.41 Å². The Labute approximate surface area is 350 Å². The van der Waals surface area contributed by atoms with Gasteiger partial charge in [0.05, 0.1) is 5.41 Å². The molecule has 0 atom stereocenters. The third kappa shape index (κ3) is 4.94. The Bertz CT molecular complexity index is 3230. The van der Waals surface area contributed by atoms with Crippen LogP contribution in [0.3, 0.4) is 0 Å². The molecule has 0 saturated heterocycles. The lowest BCUT2D eigenvalue weighted by Gasteiger charge is -2.33. The molecular formula is C58H41NO. The molecule has 0 bridgehead atoms. The molecule has 1 aromatic heterocycles. The summed E-state index contributed by atoms with van der Waals surface area (Å²) in [5.74, 6) is 0. The highest BCUT2D eigenvalue weighted by Crippen LogP contribution is 2.57. The quantitative estimate of drug-likeness (QED) is 0.168. The molecule has 2 heteroatoms. The Morgan fingerprint density at radius 3 is 1.58 bits per heavy atom. The number of fused-ring (bicyclic) bond motifs is 9. The Hall–Kier alpha value is -7.42.